The third kappa shape index (κ3) is 5.13. The van der Waals surface area contributed by atoms with Gasteiger partial charge in [-0.3, -0.25) is 4.79 Å². The maximum Gasteiger partial charge on any atom is 0.319 e. The molecule has 1 aromatic carbocycles. The van der Waals surface area contributed by atoms with E-state index < -0.39 is 0 Å². The van der Waals surface area contributed by atoms with Crippen molar-refractivity contribution in [1.29, 1.82) is 0 Å². The Hall–Kier alpha value is -2.28. The Morgan fingerprint density at radius 3 is 2.56 bits per heavy atom. The molecule has 2 N–H and O–H groups in total. The lowest BCUT2D eigenvalue weighted by molar-refractivity contribution is -0.129. The summed E-state index contributed by atoms with van der Waals surface area (Å²) in [6.07, 6.45) is 1.32. The second-order valence-corrected chi connectivity index (χ2v) is 7.62. The number of piperazine rings is 1. The van der Waals surface area contributed by atoms with Crippen LogP contribution in [0.2, 0.25) is 0 Å². The van der Waals surface area contributed by atoms with Gasteiger partial charge in [0.1, 0.15) is 0 Å². The Balaban J connectivity index is 1.57. The largest absolute Gasteiger partial charge is 0.369 e. The van der Waals surface area contributed by atoms with Crippen LogP contribution in [0.15, 0.2) is 18.2 Å². The molecule has 1 aromatic rings. The number of nitrogens with one attached hydrogen (secondary N) is 2. The van der Waals surface area contributed by atoms with Crippen molar-refractivity contribution in [2.45, 2.75) is 32.7 Å². The minimum Gasteiger partial charge on any atom is -0.369 e. The molecule has 0 bridgehead atoms. The number of carbonyl (C=O) groups excluding carboxylic acids is 2. The van der Waals surface area contributed by atoms with Crippen LogP contribution in [-0.4, -0.2) is 74.1 Å². The van der Waals surface area contributed by atoms with Gasteiger partial charge in [0.2, 0.25) is 5.91 Å². The smallest absolute Gasteiger partial charge is 0.319 e. The topological polar surface area (TPSA) is 67.9 Å². The van der Waals surface area contributed by atoms with Crippen molar-refractivity contribution in [2.24, 2.45) is 0 Å². The highest BCUT2D eigenvalue weighted by Crippen LogP contribution is 2.23. The first kappa shape index (κ1) is 19.5. The van der Waals surface area contributed by atoms with Gasteiger partial charge in [-0.1, -0.05) is 6.92 Å². The summed E-state index contributed by atoms with van der Waals surface area (Å²) in [4.78, 5) is 30.7. The number of amides is 3. The van der Waals surface area contributed by atoms with E-state index in [-0.39, 0.29) is 18.0 Å². The van der Waals surface area contributed by atoms with E-state index in [1.165, 1.54) is 0 Å². The number of benzene rings is 1. The van der Waals surface area contributed by atoms with E-state index in [4.69, 9.17) is 0 Å². The Labute approximate surface area is 161 Å². The van der Waals surface area contributed by atoms with Crippen LogP contribution in [-0.2, 0) is 4.79 Å². The first-order chi connectivity index (χ1) is 12.9. The highest BCUT2D eigenvalue weighted by molar-refractivity contribution is 5.90. The highest BCUT2D eigenvalue weighted by atomic mass is 16.2. The van der Waals surface area contributed by atoms with Crippen molar-refractivity contribution >= 4 is 23.3 Å². The van der Waals surface area contributed by atoms with Crippen LogP contribution in [0.25, 0.3) is 0 Å². The quantitative estimate of drug-likeness (QED) is 0.846. The second-order valence-electron chi connectivity index (χ2n) is 7.62. The predicted octanol–water partition coefficient (Wildman–Crippen LogP) is 1.88. The van der Waals surface area contributed by atoms with E-state index >= 15 is 0 Å². The lowest BCUT2D eigenvalue weighted by Crippen LogP contribution is -2.44. The van der Waals surface area contributed by atoms with Crippen molar-refractivity contribution in [3.8, 4) is 0 Å². The number of likely N-dealkylation sites (N-methyl/N-ethyl adjacent to an activating group) is 1. The molecule has 2 heterocycles. The lowest BCUT2D eigenvalue weighted by atomic mass is 10.1. The zero-order valence-electron chi connectivity index (χ0n) is 16.6. The SMILES string of the molecule is CCC(=O)N1CC[C@H](NC(=O)Nc2cc(C)cc(N3CCN(C)CC3)c2)C1. The van der Waals surface area contributed by atoms with Crippen LogP contribution < -0.4 is 15.5 Å². The number of likely N-dealkylation sites (tertiary alicyclic amines) is 1. The van der Waals surface area contributed by atoms with Crippen molar-refractivity contribution in [2.75, 3.05) is 56.5 Å². The summed E-state index contributed by atoms with van der Waals surface area (Å²) in [5.74, 6) is 0.148. The van der Waals surface area contributed by atoms with Gasteiger partial charge in [0.25, 0.3) is 0 Å². The van der Waals surface area contributed by atoms with E-state index in [0.717, 1.165) is 56.1 Å². The fourth-order valence-electron chi connectivity index (χ4n) is 3.76. The molecule has 0 radical (unpaired) electrons. The number of nitrogens with zero attached hydrogens (tertiary/aromatic N) is 3. The van der Waals surface area contributed by atoms with Crippen LogP contribution in [0.1, 0.15) is 25.3 Å². The van der Waals surface area contributed by atoms with E-state index in [1.54, 1.807) is 0 Å². The zero-order chi connectivity index (χ0) is 19.4. The molecule has 0 unspecified atom stereocenters. The summed E-state index contributed by atoms with van der Waals surface area (Å²) >= 11 is 0. The normalized spacial score (nSPS) is 20.6. The van der Waals surface area contributed by atoms with Crippen molar-refractivity contribution in [3.63, 3.8) is 0 Å². The van der Waals surface area contributed by atoms with Gasteiger partial charge >= 0.3 is 6.03 Å². The molecule has 7 nitrogen and oxygen atoms in total. The van der Waals surface area contributed by atoms with Crippen molar-refractivity contribution < 1.29 is 9.59 Å². The number of anilines is 2. The Bertz CT molecular complexity index is 685. The van der Waals surface area contributed by atoms with E-state index in [0.29, 0.717) is 13.0 Å². The lowest BCUT2D eigenvalue weighted by Gasteiger charge is -2.34. The maximum absolute atomic E-state index is 12.4. The molecule has 0 aliphatic carbocycles. The minimum atomic E-state index is -0.208. The summed E-state index contributed by atoms with van der Waals surface area (Å²) < 4.78 is 0. The number of rotatable bonds is 4. The van der Waals surface area contributed by atoms with Crippen LogP contribution in [0.5, 0.6) is 0 Å². The van der Waals surface area contributed by atoms with Gasteiger partial charge < -0.3 is 25.3 Å². The summed E-state index contributed by atoms with van der Waals surface area (Å²) in [6, 6.07) is 6.00. The van der Waals surface area contributed by atoms with Crippen molar-refractivity contribution in [1.82, 2.24) is 15.1 Å². The summed E-state index contributed by atoms with van der Waals surface area (Å²) in [7, 11) is 2.14. The average molecular weight is 374 g/mol. The van der Waals surface area contributed by atoms with Gasteiger partial charge in [0.15, 0.2) is 0 Å². The molecule has 148 valence electrons. The Kier molecular flexibility index (Phi) is 6.21. The second kappa shape index (κ2) is 8.61. The Morgan fingerprint density at radius 1 is 1.11 bits per heavy atom. The summed E-state index contributed by atoms with van der Waals surface area (Å²) in [6.45, 7) is 9.32. The third-order valence-electron chi connectivity index (χ3n) is 5.37. The zero-order valence-corrected chi connectivity index (χ0v) is 16.6. The van der Waals surface area contributed by atoms with Crippen molar-refractivity contribution in [3.05, 3.63) is 23.8 Å². The summed E-state index contributed by atoms with van der Waals surface area (Å²) in [5, 5.41) is 5.96. The molecule has 0 aromatic heterocycles. The number of hydrogen-bond acceptors (Lipinski definition) is 4. The number of carbonyl (C=O) groups is 2. The van der Waals surface area contributed by atoms with Gasteiger partial charge in [0, 0.05) is 63.1 Å². The molecular formula is C20H31N5O2. The van der Waals surface area contributed by atoms with Crippen LogP contribution in [0, 0.1) is 6.92 Å². The molecule has 0 saturated carbocycles. The van der Waals surface area contributed by atoms with Gasteiger partial charge in [0.05, 0.1) is 0 Å². The minimum absolute atomic E-state index is 0.0161. The molecule has 2 aliphatic heterocycles. The number of aryl methyl sites for hydroxylation is 1. The van der Waals surface area contributed by atoms with Crippen LogP contribution in [0.4, 0.5) is 16.2 Å². The molecule has 2 fully saturated rings. The van der Waals surface area contributed by atoms with Gasteiger partial charge in [-0.15, -0.1) is 0 Å². The number of hydrogen-bond donors (Lipinski definition) is 2. The molecule has 0 spiro atoms. The fraction of sp³-hybridized carbons (Fsp3) is 0.600. The average Bonchev–Trinajstić information content (AvgIpc) is 3.09. The van der Waals surface area contributed by atoms with E-state index in [1.807, 2.05) is 30.9 Å². The fourth-order valence-corrected chi connectivity index (χ4v) is 3.76. The molecule has 7 heteroatoms. The number of urea groups is 1. The van der Waals surface area contributed by atoms with E-state index in [2.05, 4.69) is 33.5 Å². The first-order valence-corrected chi connectivity index (χ1v) is 9.85. The monoisotopic (exact) mass is 373 g/mol. The maximum atomic E-state index is 12.4. The molecule has 2 saturated heterocycles. The van der Waals surface area contributed by atoms with Gasteiger partial charge in [-0.25, -0.2) is 4.79 Å². The Morgan fingerprint density at radius 2 is 1.85 bits per heavy atom. The molecule has 3 rings (SSSR count). The first-order valence-electron chi connectivity index (χ1n) is 9.85. The highest BCUT2D eigenvalue weighted by Gasteiger charge is 2.26. The van der Waals surface area contributed by atoms with E-state index in [9.17, 15) is 9.59 Å². The molecule has 2 aliphatic rings. The van der Waals surface area contributed by atoms with Gasteiger partial charge in [-0.2, -0.15) is 0 Å². The predicted molar refractivity (Wildman–Crippen MR) is 108 cm³/mol. The standard InChI is InChI=1S/C20H31N5O2/c1-4-19(26)25-6-5-16(14-25)21-20(27)22-17-11-15(2)12-18(13-17)24-9-7-23(3)8-10-24/h11-13,16H,4-10,14H2,1-3H3,(H2,21,22,27)/t16-/m0/s1. The molecule has 1 atom stereocenters. The molecule has 3 amide bonds. The molecular weight excluding hydrogens is 342 g/mol. The third-order valence-corrected chi connectivity index (χ3v) is 5.37. The van der Waals surface area contributed by atoms with Crippen LogP contribution >= 0.6 is 0 Å². The summed E-state index contributed by atoms with van der Waals surface area (Å²) in [5.41, 5.74) is 3.09. The molecule has 27 heavy (non-hydrogen) atoms. The van der Waals surface area contributed by atoms with Gasteiger partial charge in [-0.05, 0) is 44.2 Å². The van der Waals surface area contributed by atoms with Crippen LogP contribution in [0.3, 0.4) is 0 Å².